The third-order valence-electron chi connectivity index (χ3n) is 3.14. The summed E-state index contributed by atoms with van der Waals surface area (Å²) in [7, 11) is 0. The van der Waals surface area contributed by atoms with Gasteiger partial charge in [0.25, 0.3) is 0 Å². The summed E-state index contributed by atoms with van der Waals surface area (Å²) < 4.78 is 41.4. The van der Waals surface area contributed by atoms with Gasteiger partial charge in [0.2, 0.25) is 0 Å². The zero-order valence-electron chi connectivity index (χ0n) is 10.3. The quantitative estimate of drug-likeness (QED) is 0.721. The highest BCUT2D eigenvalue weighted by atomic mass is 19.3. The fraction of sp³-hybridized carbons (Fsp3) is 0.125. The lowest BCUT2D eigenvalue weighted by Crippen LogP contribution is -2.29. The first-order valence-electron chi connectivity index (χ1n) is 6.08. The third kappa shape index (κ3) is 2.12. The van der Waals surface area contributed by atoms with E-state index < -0.39 is 17.8 Å². The van der Waals surface area contributed by atoms with Crippen LogP contribution < -0.4 is 5.32 Å². The Labute approximate surface area is 114 Å². The number of alkyl halides is 2. The number of anilines is 1. The molecule has 1 aliphatic rings. The Morgan fingerprint density at radius 2 is 1.80 bits per heavy atom. The van der Waals surface area contributed by atoms with Crippen LogP contribution in [0.4, 0.5) is 18.9 Å². The van der Waals surface area contributed by atoms with E-state index in [0.29, 0.717) is 5.56 Å². The summed E-state index contributed by atoms with van der Waals surface area (Å²) >= 11 is 0. The molecule has 1 aliphatic heterocycles. The van der Waals surface area contributed by atoms with Crippen molar-refractivity contribution in [2.75, 3.05) is 5.32 Å². The molecule has 0 saturated carbocycles. The molecular formula is C16H10F3N. The molecule has 1 nitrogen and oxygen atoms in total. The summed E-state index contributed by atoms with van der Waals surface area (Å²) in [5.41, 5.74) is 0.542. The van der Waals surface area contributed by atoms with Gasteiger partial charge in [0.05, 0.1) is 5.56 Å². The average molecular weight is 273 g/mol. The molecule has 2 aromatic carbocycles. The fourth-order valence-corrected chi connectivity index (χ4v) is 2.12. The molecule has 100 valence electrons. The lowest BCUT2D eigenvalue weighted by Gasteiger charge is -2.14. The van der Waals surface area contributed by atoms with Gasteiger partial charge in [0, 0.05) is 11.3 Å². The van der Waals surface area contributed by atoms with E-state index in [2.05, 4.69) is 17.2 Å². The topological polar surface area (TPSA) is 12.0 Å². The predicted octanol–water partition coefficient (Wildman–Crippen LogP) is 3.76. The number of hydrogen-bond acceptors (Lipinski definition) is 1. The Kier molecular flexibility index (Phi) is 2.90. The Morgan fingerprint density at radius 3 is 2.55 bits per heavy atom. The molecule has 1 atom stereocenters. The number of halogens is 3. The molecule has 0 fully saturated rings. The van der Waals surface area contributed by atoms with Crippen LogP contribution >= 0.6 is 0 Å². The van der Waals surface area contributed by atoms with Crippen LogP contribution in [0.1, 0.15) is 11.1 Å². The monoisotopic (exact) mass is 273 g/mol. The molecule has 0 aromatic heterocycles. The molecule has 0 amide bonds. The second-order valence-electron chi connectivity index (χ2n) is 4.53. The van der Waals surface area contributed by atoms with Crippen molar-refractivity contribution in [3.05, 3.63) is 65.5 Å². The minimum absolute atomic E-state index is 0.226. The smallest absolute Gasteiger partial charge is 0.306 e. The first kappa shape index (κ1) is 12.6. The van der Waals surface area contributed by atoms with Gasteiger partial charge in [-0.15, -0.1) is 0 Å². The van der Waals surface area contributed by atoms with Crippen LogP contribution in [-0.2, 0) is 5.92 Å². The maximum absolute atomic E-state index is 14.2. The fourth-order valence-electron chi connectivity index (χ4n) is 2.12. The molecule has 0 spiro atoms. The minimum Gasteiger partial charge on any atom is -0.366 e. The van der Waals surface area contributed by atoms with Gasteiger partial charge < -0.3 is 5.32 Å². The zero-order valence-corrected chi connectivity index (χ0v) is 10.3. The van der Waals surface area contributed by atoms with Crippen molar-refractivity contribution in [1.29, 1.82) is 0 Å². The molecule has 1 N–H and O–H groups in total. The van der Waals surface area contributed by atoms with Crippen LogP contribution in [0.25, 0.3) is 0 Å². The van der Waals surface area contributed by atoms with E-state index in [-0.39, 0.29) is 11.3 Å². The lowest BCUT2D eigenvalue weighted by atomic mass is 10.1. The van der Waals surface area contributed by atoms with Crippen molar-refractivity contribution < 1.29 is 13.2 Å². The standard InChI is InChI=1S/C16H10F3N/c17-12-7-8-14-13(10-12)16(18,19)15(20-14)9-6-11-4-2-1-3-5-11/h1-5,7-8,10,15,20H. The first-order valence-corrected chi connectivity index (χ1v) is 6.08. The molecule has 0 bridgehead atoms. The number of nitrogens with one attached hydrogen (secondary N) is 1. The van der Waals surface area contributed by atoms with Gasteiger partial charge in [-0.05, 0) is 30.3 Å². The molecule has 0 saturated heterocycles. The number of fused-ring (bicyclic) bond motifs is 1. The van der Waals surface area contributed by atoms with Crippen LogP contribution in [0.2, 0.25) is 0 Å². The van der Waals surface area contributed by atoms with Crippen molar-refractivity contribution >= 4 is 5.69 Å². The minimum atomic E-state index is -3.21. The van der Waals surface area contributed by atoms with Gasteiger partial charge in [-0.3, -0.25) is 0 Å². The van der Waals surface area contributed by atoms with Crippen molar-refractivity contribution in [3.63, 3.8) is 0 Å². The van der Waals surface area contributed by atoms with Crippen LogP contribution in [0, 0.1) is 17.7 Å². The lowest BCUT2D eigenvalue weighted by molar-refractivity contribution is -0.000111. The largest absolute Gasteiger partial charge is 0.366 e. The van der Waals surface area contributed by atoms with Crippen molar-refractivity contribution in [3.8, 4) is 11.8 Å². The third-order valence-corrected chi connectivity index (χ3v) is 3.14. The highest BCUT2D eigenvalue weighted by molar-refractivity contribution is 5.62. The van der Waals surface area contributed by atoms with Crippen LogP contribution in [0.15, 0.2) is 48.5 Å². The predicted molar refractivity (Wildman–Crippen MR) is 71.0 cm³/mol. The van der Waals surface area contributed by atoms with Crippen molar-refractivity contribution in [2.45, 2.75) is 12.0 Å². The molecule has 1 heterocycles. The maximum Gasteiger partial charge on any atom is 0.306 e. The van der Waals surface area contributed by atoms with Gasteiger partial charge in [-0.1, -0.05) is 30.0 Å². The summed E-state index contributed by atoms with van der Waals surface area (Å²) in [6, 6.07) is 10.8. The van der Waals surface area contributed by atoms with Crippen LogP contribution in [-0.4, -0.2) is 6.04 Å². The molecule has 0 radical (unpaired) electrons. The van der Waals surface area contributed by atoms with Gasteiger partial charge in [-0.2, -0.15) is 8.78 Å². The van der Waals surface area contributed by atoms with E-state index in [0.717, 1.165) is 12.1 Å². The SMILES string of the molecule is Fc1ccc2c(c1)C(F)(F)C(C#Cc1ccccc1)N2. The van der Waals surface area contributed by atoms with Crippen molar-refractivity contribution in [2.24, 2.45) is 0 Å². The summed E-state index contributed by atoms with van der Waals surface area (Å²) in [5.74, 6) is 1.34. The molecule has 1 unspecified atom stereocenters. The number of hydrogen-bond donors (Lipinski definition) is 1. The second kappa shape index (κ2) is 4.61. The Morgan fingerprint density at radius 1 is 1.05 bits per heavy atom. The summed E-state index contributed by atoms with van der Waals surface area (Å²) in [4.78, 5) is 0. The Hall–Kier alpha value is -2.41. The summed E-state index contributed by atoms with van der Waals surface area (Å²) in [6.45, 7) is 0. The highest BCUT2D eigenvalue weighted by Gasteiger charge is 2.48. The van der Waals surface area contributed by atoms with E-state index >= 15 is 0 Å². The van der Waals surface area contributed by atoms with Crippen LogP contribution in [0.5, 0.6) is 0 Å². The van der Waals surface area contributed by atoms with Gasteiger partial charge >= 0.3 is 5.92 Å². The first-order chi connectivity index (χ1) is 9.57. The van der Waals surface area contributed by atoms with Crippen LogP contribution in [0.3, 0.4) is 0 Å². The van der Waals surface area contributed by atoms with E-state index in [1.165, 1.54) is 6.07 Å². The van der Waals surface area contributed by atoms with Crippen molar-refractivity contribution in [1.82, 2.24) is 0 Å². The average Bonchev–Trinajstić information content (AvgIpc) is 2.69. The summed E-state index contributed by atoms with van der Waals surface area (Å²) in [5, 5.41) is 2.63. The van der Waals surface area contributed by atoms with E-state index in [1.54, 1.807) is 24.3 Å². The summed E-state index contributed by atoms with van der Waals surface area (Å²) in [6.07, 6.45) is 0. The van der Waals surface area contributed by atoms with E-state index in [4.69, 9.17) is 0 Å². The van der Waals surface area contributed by atoms with E-state index in [9.17, 15) is 13.2 Å². The maximum atomic E-state index is 14.2. The Bertz CT molecular complexity index is 699. The van der Waals surface area contributed by atoms with Gasteiger partial charge in [0.15, 0.2) is 6.04 Å². The molecule has 3 rings (SSSR count). The number of benzene rings is 2. The number of rotatable bonds is 0. The van der Waals surface area contributed by atoms with Gasteiger partial charge in [0.1, 0.15) is 5.82 Å². The Balaban J connectivity index is 1.93. The molecular weight excluding hydrogens is 263 g/mol. The molecule has 4 heteroatoms. The van der Waals surface area contributed by atoms with Gasteiger partial charge in [-0.25, -0.2) is 4.39 Å². The molecule has 20 heavy (non-hydrogen) atoms. The molecule has 2 aromatic rings. The van der Waals surface area contributed by atoms with E-state index in [1.807, 2.05) is 6.07 Å². The molecule has 0 aliphatic carbocycles. The normalized spacial score (nSPS) is 18.6. The zero-order chi connectivity index (χ0) is 14.2. The second-order valence-corrected chi connectivity index (χ2v) is 4.53. The highest BCUT2D eigenvalue weighted by Crippen LogP contribution is 2.43.